The zero-order chi connectivity index (χ0) is 22.1. The molecule has 0 N–H and O–H groups in total. The van der Waals surface area contributed by atoms with Crippen molar-refractivity contribution in [3.63, 3.8) is 0 Å². The first-order valence-corrected chi connectivity index (χ1v) is 10.3. The maximum Gasteiger partial charge on any atom is 0.329 e. The number of hydrogen-bond donors (Lipinski definition) is 0. The van der Waals surface area contributed by atoms with Crippen LogP contribution in [-0.4, -0.2) is 63.2 Å². The quantitative estimate of drug-likeness (QED) is 0.287. The van der Waals surface area contributed by atoms with Crippen LogP contribution >= 0.6 is 0 Å². The molecule has 0 bridgehead atoms. The molecule has 4 fully saturated rings. The minimum atomic E-state index is -0.394. The second-order valence-corrected chi connectivity index (χ2v) is 7.70. The summed E-state index contributed by atoms with van der Waals surface area (Å²) in [6.07, 6.45) is 10.3. The van der Waals surface area contributed by atoms with E-state index in [1.165, 1.54) is 14.2 Å². The van der Waals surface area contributed by atoms with Gasteiger partial charge in [-0.25, -0.2) is 9.59 Å². The summed E-state index contributed by atoms with van der Waals surface area (Å²) in [5.74, 6) is -0.179. The Morgan fingerprint density at radius 1 is 0.833 bits per heavy atom. The van der Waals surface area contributed by atoms with Crippen molar-refractivity contribution in [2.45, 2.75) is 62.9 Å². The summed E-state index contributed by atoms with van der Waals surface area (Å²) < 4.78 is 24.7. The van der Waals surface area contributed by atoms with Crippen molar-refractivity contribution in [3.05, 3.63) is 25.3 Å². The molecule has 0 amide bonds. The topological polar surface area (TPSA) is 104 Å². The van der Waals surface area contributed by atoms with Gasteiger partial charge < -0.3 is 23.7 Å². The van der Waals surface area contributed by atoms with Gasteiger partial charge in [0.15, 0.2) is 0 Å². The van der Waals surface area contributed by atoms with Gasteiger partial charge in [-0.15, -0.1) is 0 Å². The van der Waals surface area contributed by atoms with E-state index in [1.54, 1.807) is 0 Å². The first kappa shape index (κ1) is 24.1. The number of fused-ring (bicyclic) bond motifs is 2. The van der Waals surface area contributed by atoms with Gasteiger partial charge in [-0.2, -0.15) is 0 Å². The van der Waals surface area contributed by atoms with E-state index in [9.17, 15) is 14.4 Å². The van der Waals surface area contributed by atoms with Gasteiger partial charge in [0.05, 0.1) is 51.2 Å². The largest absolute Gasteiger partial charge is 0.466 e. The first-order chi connectivity index (χ1) is 14.4. The average Bonchev–Trinajstić information content (AvgIpc) is 3.70. The van der Waals surface area contributed by atoms with Crippen molar-refractivity contribution in [2.24, 2.45) is 11.8 Å². The van der Waals surface area contributed by atoms with Crippen molar-refractivity contribution in [2.75, 3.05) is 20.8 Å². The SMILES string of the molecule is C=CC(=O)OC.C=CC(=O)OC.O=C(OCC1CCC2OC2C1)C1CCC2OC2C1. The van der Waals surface area contributed by atoms with Crippen LogP contribution in [0.25, 0.3) is 0 Å². The fourth-order valence-corrected chi connectivity index (χ4v) is 3.74. The molecule has 6 atom stereocenters. The smallest absolute Gasteiger partial charge is 0.329 e. The molecule has 2 saturated heterocycles. The Hall–Kier alpha value is -2.19. The molecule has 0 aromatic rings. The fraction of sp³-hybridized carbons (Fsp3) is 0.682. The molecule has 2 aliphatic heterocycles. The molecule has 8 nitrogen and oxygen atoms in total. The number of ether oxygens (including phenoxy) is 5. The molecule has 2 aliphatic carbocycles. The zero-order valence-corrected chi connectivity index (χ0v) is 17.7. The van der Waals surface area contributed by atoms with Crippen molar-refractivity contribution >= 4 is 17.9 Å². The normalized spacial score (nSPS) is 32.1. The summed E-state index contributed by atoms with van der Waals surface area (Å²) in [6, 6.07) is 0. The van der Waals surface area contributed by atoms with Gasteiger partial charge >= 0.3 is 17.9 Å². The van der Waals surface area contributed by atoms with Gasteiger partial charge in [-0.3, -0.25) is 4.79 Å². The molecule has 8 heteroatoms. The van der Waals surface area contributed by atoms with Crippen LogP contribution in [-0.2, 0) is 38.1 Å². The Balaban J connectivity index is 0.000000224. The Labute approximate surface area is 177 Å². The average molecular weight is 424 g/mol. The summed E-state index contributed by atoms with van der Waals surface area (Å²) in [6.45, 7) is 6.91. The van der Waals surface area contributed by atoms with E-state index >= 15 is 0 Å². The lowest BCUT2D eigenvalue weighted by Gasteiger charge is -2.21. The van der Waals surface area contributed by atoms with Crippen LogP contribution in [0.4, 0.5) is 0 Å². The Morgan fingerprint density at radius 2 is 1.37 bits per heavy atom. The second-order valence-electron chi connectivity index (χ2n) is 7.70. The highest BCUT2D eigenvalue weighted by atomic mass is 16.6. The third kappa shape index (κ3) is 7.91. The molecule has 30 heavy (non-hydrogen) atoms. The number of rotatable bonds is 5. The zero-order valence-electron chi connectivity index (χ0n) is 17.7. The van der Waals surface area contributed by atoms with Crippen LogP contribution in [0.2, 0.25) is 0 Å². The van der Waals surface area contributed by atoms with Crippen LogP contribution in [0.5, 0.6) is 0 Å². The summed E-state index contributed by atoms with van der Waals surface area (Å²) >= 11 is 0. The lowest BCUT2D eigenvalue weighted by Crippen LogP contribution is -2.27. The third-order valence-electron chi connectivity index (χ3n) is 5.65. The Morgan fingerprint density at radius 3 is 1.80 bits per heavy atom. The molecular weight excluding hydrogens is 392 g/mol. The Kier molecular flexibility index (Phi) is 9.52. The van der Waals surface area contributed by atoms with Gasteiger partial charge in [0, 0.05) is 12.2 Å². The van der Waals surface area contributed by atoms with E-state index in [4.69, 9.17) is 14.2 Å². The van der Waals surface area contributed by atoms with Crippen molar-refractivity contribution < 1.29 is 38.1 Å². The van der Waals surface area contributed by atoms with E-state index in [1.807, 2.05) is 0 Å². The minimum absolute atomic E-state index is 0.00258. The van der Waals surface area contributed by atoms with E-state index < -0.39 is 11.9 Å². The lowest BCUT2D eigenvalue weighted by molar-refractivity contribution is -0.151. The van der Waals surface area contributed by atoms with Gasteiger partial charge in [0.2, 0.25) is 0 Å². The van der Waals surface area contributed by atoms with Gasteiger partial charge in [-0.05, 0) is 44.4 Å². The fourth-order valence-electron chi connectivity index (χ4n) is 3.74. The molecule has 0 spiro atoms. The highest BCUT2D eigenvalue weighted by molar-refractivity contribution is 5.81. The van der Waals surface area contributed by atoms with Crippen LogP contribution in [0.15, 0.2) is 25.3 Å². The monoisotopic (exact) mass is 424 g/mol. The lowest BCUT2D eigenvalue weighted by atomic mass is 9.89. The number of hydrogen-bond acceptors (Lipinski definition) is 8. The van der Waals surface area contributed by atoms with Crippen LogP contribution < -0.4 is 0 Å². The molecular formula is C22H32O8. The van der Waals surface area contributed by atoms with Crippen molar-refractivity contribution in [1.82, 2.24) is 0 Å². The molecule has 0 aromatic heterocycles. The second kappa shape index (κ2) is 11.9. The summed E-state index contributed by atoms with van der Waals surface area (Å²) in [4.78, 5) is 31.7. The molecule has 0 radical (unpaired) electrons. The Bertz CT molecular complexity index is 611. The number of carbonyl (C=O) groups is 3. The third-order valence-corrected chi connectivity index (χ3v) is 5.65. The highest BCUT2D eigenvalue weighted by Crippen LogP contribution is 2.41. The first-order valence-electron chi connectivity index (χ1n) is 10.3. The van der Waals surface area contributed by atoms with E-state index in [0.29, 0.717) is 36.9 Å². The summed E-state index contributed by atoms with van der Waals surface area (Å²) in [5.41, 5.74) is 0. The maximum absolute atomic E-state index is 12.0. The van der Waals surface area contributed by atoms with Crippen molar-refractivity contribution in [1.29, 1.82) is 0 Å². The maximum atomic E-state index is 12.0. The number of epoxide rings is 2. The number of carbonyl (C=O) groups excluding carboxylic acids is 3. The van der Waals surface area contributed by atoms with E-state index in [2.05, 4.69) is 22.6 Å². The van der Waals surface area contributed by atoms with E-state index in [0.717, 1.165) is 50.7 Å². The van der Waals surface area contributed by atoms with Gasteiger partial charge in [0.25, 0.3) is 0 Å². The molecule has 2 saturated carbocycles. The summed E-state index contributed by atoms with van der Waals surface area (Å²) in [5, 5.41) is 0. The number of esters is 3. The molecule has 2 heterocycles. The molecule has 4 aliphatic rings. The minimum Gasteiger partial charge on any atom is -0.466 e. The van der Waals surface area contributed by atoms with Gasteiger partial charge in [-0.1, -0.05) is 13.2 Å². The van der Waals surface area contributed by atoms with Gasteiger partial charge in [0.1, 0.15) is 0 Å². The van der Waals surface area contributed by atoms with Crippen LogP contribution in [0.3, 0.4) is 0 Å². The van der Waals surface area contributed by atoms with E-state index in [-0.39, 0.29) is 11.9 Å². The predicted octanol–water partition coefficient (Wildman–Crippen LogP) is 2.36. The van der Waals surface area contributed by atoms with Crippen LogP contribution in [0.1, 0.15) is 38.5 Å². The van der Waals surface area contributed by atoms with Crippen LogP contribution in [0, 0.1) is 11.8 Å². The molecule has 4 rings (SSSR count). The molecule has 0 aromatic carbocycles. The number of methoxy groups -OCH3 is 2. The summed E-state index contributed by atoms with van der Waals surface area (Å²) in [7, 11) is 2.62. The standard InChI is InChI=1S/C14H20O4.2C4H6O2/c15-14(9-2-4-11-13(6-9)18-11)16-7-8-1-3-10-12(5-8)17-10;2*1-3-4(5)6-2/h8-13H,1-7H2;2*3H,1H2,2H3. The molecule has 168 valence electrons. The predicted molar refractivity (Wildman–Crippen MR) is 107 cm³/mol. The highest BCUT2D eigenvalue weighted by Gasteiger charge is 2.47. The molecule has 6 unspecified atom stereocenters. The van der Waals surface area contributed by atoms with Crippen molar-refractivity contribution in [3.8, 4) is 0 Å².